The van der Waals surface area contributed by atoms with Crippen molar-refractivity contribution in [2.45, 2.75) is 84.8 Å². The lowest BCUT2D eigenvalue weighted by atomic mass is 10.0. The molecule has 1 amide bonds. The predicted molar refractivity (Wildman–Crippen MR) is 92.5 cm³/mol. The zero-order valence-electron chi connectivity index (χ0n) is 15.8. The van der Waals surface area contributed by atoms with Gasteiger partial charge in [-0.15, -0.1) is 0 Å². The topological polar surface area (TPSA) is 64.6 Å². The second kappa shape index (κ2) is 10.8. The van der Waals surface area contributed by atoms with Crippen molar-refractivity contribution in [3.05, 3.63) is 0 Å². The Morgan fingerprint density at radius 3 is 2.04 bits per heavy atom. The number of ether oxygens (including phenoxy) is 2. The van der Waals surface area contributed by atoms with Gasteiger partial charge in [-0.1, -0.05) is 6.92 Å². The standard InChI is InChI=1S/C18H35NO4/c1-7-8-16(21)19-12-10-17(3,4)23-14-11-18(5,6)22-13-9-15(2)20/h7-14H2,1-6H3,(H,19,21). The van der Waals surface area contributed by atoms with E-state index in [0.717, 1.165) is 19.3 Å². The van der Waals surface area contributed by atoms with Crippen LogP contribution < -0.4 is 5.32 Å². The molecule has 23 heavy (non-hydrogen) atoms. The van der Waals surface area contributed by atoms with Crippen LogP contribution in [-0.4, -0.2) is 42.7 Å². The van der Waals surface area contributed by atoms with Gasteiger partial charge in [0.15, 0.2) is 0 Å². The van der Waals surface area contributed by atoms with Crippen molar-refractivity contribution in [3.8, 4) is 0 Å². The molecule has 0 atom stereocenters. The Morgan fingerprint density at radius 1 is 0.913 bits per heavy atom. The Balaban J connectivity index is 3.94. The first kappa shape index (κ1) is 22.1. The minimum Gasteiger partial charge on any atom is -0.375 e. The molecule has 0 aliphatic carbocycles. The van der Waals surface area contributed by atoms with Gasteiger partial charge in [0.25, 0.3) is 0 Å². The van der Waals surface area contributed by atoms with E-state index < -0.39 is 0 Å². The summed E-state index contributed by atoms with van der Waals surface area (Å²) in [7, 11) is 0. The Kier molecular flexibility index (Phi) is 10.3. The van der Waals surface area contributed by atoms with Gasteiger partial charge in [-0.05, 0) is 53.9 Å². The summed E-state index contributed by atoms with van der Waals surface area (Å²) < 4.78 is 11.7. The highest BCUT2D eigenvalue weighted by Crippen LogP contribution is 2.19. The molecule has 0 radical (unpaired) electrons. The summed E-state index contributed by atoms with van der Waals surface area (Å²) >= 11 is 0. The van der Waals surface area contributed by atoms with E-state index in [2.05, 4.69) is 5.32 Å². The van der Waals surface area contributed by atoms with Gasteiger partial charge in [0.1, 0.15) is 5.78 Å². The summed E-state index contributed by atoms with van der Waals surface area (Å²) in [5.41, 5.74) is -0.587. The maximum atomic E-state index is 11.4. The van der Waals surface area contributed by atoms with Crippen molar-refractivity contribution in [1.29, 1.82) is 0 Å². The van der Waals surface area contributed by atoms with Crippen molar-refractivity contribution in [3.63, 3.8) is 0 Å². The lowest BCUT2D eigenvalue weighted by Gasteiger charge is -2.29. The van der Waals surface area contributed by atoms with Crippen LogP contribution in [0.1, 0.15) is 73.6 Å². The van der Waals surface area contributed by atoms with Gasteiger partial charge in [0.05, 0.1) is 24.4 Å². The highest BCUT2D eigenvalue weighted by Gasteiger charge is 2.22. The van der Waals surface area contributed by atoms with Crippen LogP contribution in [0.2, 0.25) is 0 Å². The minimum absolute atomic E-state index is 0.100. The lowest BCUT2D eigenvalue weighted by Crippen LogP contribution is -2.34. The van der Waals surface area contributed by atoms with Crippen LogP contribution in [0, 0.1) is 0 Å². The molecule has 5 nitrogen and oxygen atoms in total. The Hall–Kier alpha value is -0.940. The number of nitrogens with one attached hydrogen (secondary N) is 1. The first-order valence-corrected chi connectivity index (χ1v) is 8.62. The SMILES string of the molecule is CCCC(=O)NCCC(C)(C)OCCC(C)(C)OCCC(C)=O. The summed E-state index contributed by atoms with van der Waals surface area (Å²) in [6.07, 6.45) is 3.43. The zero-order valence-corrected chi connectivity index (χ0v) is 15.8. The number of rotatable bonds is 13. The zero-order chi connectivity index (χ0) is 17.9. The van der Waals surface area contributed by atoms with Crippen LogP contribution in [0.25, 0.3) is 0 Å². The van der Waals surface area contributed by atoms with Gasteiger partial charge in [-0.25, -0.2) is 0 Å². The van der Waals surface area contributed by atoms with Gasteiger partial charge in [0.2, 0.25) is 5.91 Å². The van der Waals surface area contributed by atoms with Gasteiger partial charge < -0.3 is 14.8 Å². The molecule has 0 heterocycles. The second-order valence-corrected chi connectivity index (χ2v) is 7.27. The maximum Gasteiger partial charge on any atom is 0.219 e. The fraction of sp³-hybridized carbons (Fsp3) is 0.889. The molecule has 0 bridgehead atoms. The Labute approximate surface area is 141 Å². The summed E-state index contributed by atoms with van der Waals surface area (Å²) in [4.78, 5) is 22.4. The fourth-order valence-electron chi connectivity index (χ4n) is 2.01. The molecule has 0 fully saturated rings. The molecular weight excluding hydrogens is 294 g/mol. The van der Waals surface area contributed by atoms with Crippen molar-refractivity contribution in [1.82, 2.24) is 5.32 Å². The van der Waals surface area contributed by atoms with Crippen LogP contribution in [-0.2, 0) is 19.1 Å². The van der Waals surface area contributed by atoms with E-state index in [1.165, 1.54) is 0 Å². The van der Waals surface area contributed by atoms with Gasteiger partial charge >= 0.3 is 0 Å². The largest absolute Gasteiger partial charge is 0.375 e. The first-order valence-electron chi connectivity index (χ1n) is 8.62. The third kappa shape index (κ3) is 13.2. The van der Waals surface area contributed by atoms with Crippen molar-refractivity contribution < 1.29 is 19.1 Å². The molecule has 0 saturated carbocycles. The smallest absolute Gasteiger partial charge is 0.219 e. The number of carbonyl (C=O) groups excluding carboxylic acids is 2. The van der Waals surface area contributed by atoms with Crippen molar-refractivity contribution in [2.75, 3.05) is 19.8 Å². The van der Waals surface area contributed by atoms with Crippen molar-refractivity contribution >= 4 is 11.7 Å². The van der Waals surface area contributed by atoms with Gasteiger partial charge in [-0.2, -0.15) is 0 Å². The van der Waals surface area contributed by atoms with E-state index in [4.69, 9.17) is 9.47 Å². The highest BCUT2D eigenvalue weighted by molar-refractivity contribution is 5.75. The summed E-state index contributed by atoms with van der Waals surface area (Å²) in [6.45, 7) is 13.3. The molecule has 0 spiro atoms. The van der Waals surface area contributed by atoms with E-state index in [0.29, 0.717) is 32.6 Å². The molecule has 1 N–H and O–H groups in total. The highest BCUT2D eigenvalue weighted by atomic mass is 16.5. The van der Waals surface area contributed by atoms with E-state index in [9.17, 15) is 9.59 Å². The maximum absolute atomic E-state index is 11.4. The van der Waals surface area contributed by atoms with Gasteiger partial charge in [-0.3, -0.25) is 9.59 Å². The van der Waals surface area contributed by atoms with Crippen LogP contribution in [0.3, 0.4) is 0 Å². The molecule has 0 aliphatic heterocycles. The molecule has 0 aliphatic rings. The van der Waals surface area contributed by atoms with Crippen LogP contribution in [0.5, 0.6) is 0 Å². The molecule has 0 aromatic carbocycles. The fourth-order valence-corrected chi connectivity index (χ4v) is 2.01. The first-order chi connectivity index (χ1) is 10.6. The molecule has 0 unspecified atom stereocenters. The van der Waals surface area contributed by atoms with Crippen molar-refractivity contribution in [2.24, 2.45) is 0 Å². The van der Waals surface area contributed by atoms with Crippen LogP contribution in [0.15, 0.2) is 0 Å². The van der Waals surface area contributed by atoms with E-state index in [-0.39, 0.29) is 22.9 Å². The quantitative estimate of drug-likeness (QED) is 0.563. The normalized spacial score (nSPS) is 12.3. The molecule has 136 valence electrons. The Morgan fingerprint density at radius 2 is 1.48 bits per heavy atom. The number of Topliss-reactive ketones (excluding diaryl/α,β-unsaturated/α-hetero) is 1. The lowest BCUT2D eigenvalue weighted by molar-refractivity contribution is -0.121. The monoisotopic (exact) mass is 329 g/mol. The predicted octanol–water partition coefficient (Wildman–Crippen LogP) is 3.25. The number of hydrogen-bond donors (Lipinski definition) is 1. The van der Waals surface area contributed by atoms with E-state index in [1.54, 1.807) is 6.92 Å². The van der Waals surface area contributed by atoms with E-state index >= 15 is 0 Å². The third-order valence-corrected chi connectivity index (χ3v) is 3.67. The summed E-state index contributed by atoms with van der Waals surface area (Å²) in [6, 6.07) is 0. The number of amides is 1. The van der Waals surface area contributed by atoms with E-state index in [1.807, 2.05) is 34.6 Å². The summed E-state index contributed by atoms with van der Waals surface area (Å²) in [5.74, 6) is 0.242. The third-order valence-electron chi connectivity index (χ3n) is 3.67. The molecule has 0 aromatic heterocycles. The number of hydrogen-bond acceptors (Lipinski definition) is 4. The molecule has 5 heteroatoms. The average Bonchev–Trinajstić information content (AvgIpc) is 2.37. The van der Waals surface area contributed by atoms with Gasteiger partial charge in [0, 0.05) is 19.4 Å². The Bertz CT molecular complexity index is 364. The molecular formula is C18H35NO4. The average molecular weight is 329 g/mol. The van der Waals surface area contributed by atoms with Crippen LogP contribution >= 0.6 is 0 Å². The second-order valence-electron chi connectivity index (χ2n) is 7.27. The number of ketones is 1. The molecule has 0 aromatic rings. The molecule has 0 saturated heterocycles. The molecule has 0 rings (SSSR count). The summed E-state index contributed by atoms with van der Waals surface area (Å²) in [5, 5.41) is 2.91. The van der Waals surface area contributed by atoms with Crippen LogP contribution in [0.4, 0.5) is 0 Å². The minimum atomic E-state index is -0.305. The number of carbonyl (C=O) groups is 2.